The van der Waals surface area contributed by atoms with E-state index in [-0.39, 0.29) is 18.0 Å². The van der Waals surface area contributed by atoms with E-state index in [1.165, 1.54) is 12.8 Å². The van der Waals surface area contributed by atoms with Crippen molar-refractivity contribution in [1.29, 1.82) is 0 Å². The molecule has 0 aromatic heterocycles. The van der Waals surface area contributed by atoms with Crippen LogP contribution in [0.25, 0.3) is 0 Å². The molecular formula is C21H40O4. The molecule has 1 unspecified atom stereocenters. The summed E-state index contributed by atoms with van der Waals surface area (Å²) in [6, 6.07) is 0. The van der Waals surface area contributed by atoms with E-state index in [1.807, 2.05) is 0 Å². The van der Waals surface area contributed by atoms with Crippen molar-refractivity contribution in [3.8, 4) is 0 Å². The van der Waals surface area contributed by atoms with Gasteiger partial charge in [0.15, 0.2) is 0 Å². The van der Waals surface area contributed by atoms with Gasteiger partial charge in [0, 0.05) is 12.8 Å². The molecule has 0 fully saturated rings. The lowest BCUT2D eigenvalue weighted by molar-refractivity contribution is -0.150. The Hall–Kier alpha value is -1.06. The summed E-state index contributed by atoms with van der Waals surface area (Å²) in [7, 11) is 0. The molecule has 4 nitrogen and oxygen atoms in total. The third kappa shape index (κ3) is 16.2. The fourth-order valence-corrected chi connectivity index (χ4v) is 2.76. The first kappa shape index (κ1) is 23.9. The Labute approximate surface area is 155 Å². The molecule has 1 atom stereocenters. The fourth-order valence-electron chi connectivity index (χ4n) is 2.76. The lowest BCUT2D eigenvalue weighted by atomic mass is 10.1. The largest absolute Gasteiger partial charge is 0.466 e. The summed E-state index contributed by atoms with van der Waals surface area (Å²) >= 11 is 0. The molecule has 0 rings (SSSR count). The molecule has 0 amide bonds. The number of ether oxygens (including phenoxy) is 2. The predicted octanol–water partition coefficient (Wildman–Crippen LogP) is 5.96. The van der Waals surface area contributed by atoms with Crippen LogP contribution in [0.15, 0.2) is 0 Å². The summed E-state index contributed by atoms with van der Waals surface area (Å²) < 4.78 is 10.8. The van der Waals surface area contributed by atoms with Crippen molar-refractivity contribution in [1.82, 2.24) is 0 Å². The fraction of sp³-hybridized carbons (Fsp3) is 0.905. The van der Waals surface area contributed by atoms with Crippen molar-refractivity contribution < 1.29 is 19.1 Å². The molecule has 0 aromatic rings. The lowest BCUT2D eigenvalue weighted by Gasteiger charge is -2.17. The Morgan fingerprint density at radius 2 is 1.32 bits per heavy atom. The summed E-state index contributed by atoms with van der Waals surface area (Å²) in [6.45, 7) is 6.98. The first-order valence-electron chi connectivity index (χ1n) is 10.5. The van der Waals surface area contributed by atoms with Crippen LogP contribution in [-0.2, 0) is 19.1 Å². The van der Waals surface area contributed by atoms with Crippen LogP contribution in [0.5, 0.6) is 0 Å². The van der Waals surface area contributed by atoms with Crippen LogP contribution >= 0.6 is 0 Å². The maximum Gasteiger partial charge on any atom is 0.306 e. The molecule has 0 bridgehead atoms. The predicted molar refractivity (Wildman–Crippen MR) is 102 cm³/mol. The van der Waals surface area contributed by atoms with Gasteiger partial charge < -0.3 is 9.47 Å². The molecule has 148 valence electrons. The number of rotatable bonds is 17. The Balaban J connectivity index is 3.61. The summed E-state index contributed by atoms with van der Waals surface area (Å²) in [6.07, 6.45) is 13.1. The van der Waals surface area contributed by atoms with E-state index in [0.717, 1.165) is 64.2 Å². The highest BCUT2D eigenvalue weighted by molar-refractivity contribution is 5.70. The van der Waals surface area contributed by atoms with Crippen molar-refractivity contribution in [2.75, 3.05) is 6.61 Å². The molecule has 0 aliphatic rings. The van der Waals surface area contributed by atoms with Gasteiger partial charge in [0.25, 0.3) is 0 Å². The van der Waals surface area contributed by atoms with Crippen LogP contribution in [0.2, 0.25) is 0 Å². The zero-order chi connectivity index (χ0) is 18.8. The van der Waals surface area contributed by atoms with Crippen molar-refractivity contribution in [3.63, 3.8) is 0 Å². The van der Waals surface area contributed by atoms with Gasteiger partial charge in [-0.3, -0.25) is 9.59 Å². The van der Waals surface area contributed by atoms with Crippen LogP contribution in [0.4, 0.5) is 0 Å². The molecule has 25 heavy (non-hydrogen) atoms. The zero-order valence-corrected chi connectivity index (χ0v) is 16.8. The van der Waals surface area contributed by atoms with Gasteiger partial charge in [-0.1, -0.05) is 65.7 Å². The van der Waals surface area contributed by atoms with Crippen LogP contribution in [0.3, 0.4) is 0 Å². The molecule has 4 heteroatoms. The third-order valence-corrected chi connectivity index (χ3v) is 4.31. The topological polar surface area (TPSA) is 52.6 Å². The Kier molecular flexibility index (Phi) is 17.0. The van der Waals surface area contributed by atoms with Crippen LogP contribution in [0.1, 0.15) is 111 Å². The Morgan fingerprint density at radius 1 is 0.680 bits per heavy atom. The molecule has 0 N–H and O–H groups in total. The highest BCUT2D eigenvalue weighted by atomic mass is 16.5. The molecule has 0 aliphatic carbocycles. The smallest absolute Gasteiger partial charge is 0.306 e. The van der Waals surface area contributed by atoms with Gasteiger partial charge in [-0.2, -0.15) is 0 Å². The zero-order valence-electron chi connectivity index (χ0n) is 16.8. The number of carbonyl (C=O) groups excluding carboxylic acids is 2. The SMILES string of the molecule is CCCCCCOC(=O)CCCCCC(=O)OC(CCC)CCCC. The first-order chi connectivity index (χ1) is 12.1. The third-order valence-electron chi connectivity index (χ3n) is 4.31. The van der Waals surface area contributed by atoms with Crippen molar-refractivity contribution in [3.05, 3.63) is 0 Å². The van der Waals surface area contributed by atoms with Crippen molar-refractivity contribution in [2.45, 2.75) is 117 Å². The number of carbonyl (C=O) groups is 2. The summed E-state index contributed by atoms with van der Waals surface area (Å²) in [5.41, 5.74) is 0. The molecular weight excluding hydrogens is 316 g/mol. The van der Waals surface area contributed by atoms with Gasteiger partial charge >= 0.3 is 11.9 Å². The molecule has 0 saturated carbocycles. The molecule has 0 radical (unpaired) electrons. The number of hydrogen-bond acceptors (Lipinski definition) is 4. The number of hydrogen-bond donors (Lipinski definition) is 0. The van der Waals surface area contributed by atoms with Gasteiger partial charge in [-0.05, 0) is 32.1 Å². The van der Waals surface area contributed by atoms with E-state index in [4.69, 9.17) is 9.47 Å². The average Bonchev–Trinajstić information content (AvgIpc) is 2.59. The van der Waals surface area contributed by atoms with Gasteiger partial charge in [0.05, 0.1) is 6.61 Å². The minimum atomic E-state index is -0.110. The quantitative estimate of drug-likeness (QED) is 0.238. The maximum atomic E-state index is 11.9. The first-order valence-corrected chi connectivity index (χ1v) is 10.5. The van der Waals surface area contributed by atoms with Gasteiger partial charge in [0.1, 0.15) is 6.10 Å². The average molecular weight is 357 g/mol. The van der Waals surface area contributed by atoms with E-state index in [2.05, 4.69) is 20.8 Å². The van der Waals surface area contributed by atoms with E-state index < -0.39 is 0 Å². The van der Waals surface area contributed by atoms with Crippen LogP contribution in [0, 0.1) is 0 Å². The van der Waals surface area contributed by atoms with E-state index in [1.54, 1.807) is 0 Å². The van der Waals surface area contributed by atoms with Gasteiger partial charge in [-0.25, -0.2) is 0 Å². The van der Waals surface area contributed by atoms with Crippen molar-refractivity contribution in [2.24, 2.45) is 0 Å². The number of esters is 2. The summed E-state index contributed by atoms with van der Waals surface area (Å²) in [4.78, 5) is 23.5. The molecule has 0 spiro atoms. The molecule has 0 heterocycles. The lowest BCUT2D eigenvalue weighted by Crippen LogP contribution is -2.18. The standard InChI is InChI=1S/C21H40O4/c1-4-7-9-13-18-24-20(22)16-11-10-12-17-21(23)25-19(14-6-3)15-8-5-2/h19H,4-18H2,1-3H3. The van der Waals surface area contributed by atoms with E-state index in [9.17, 15) is 9.59 Å². The minimum absolute atomic E-state index is 0.0835. The van der Waals surface area contributed by atoms with Crippen LogP contribution in [-0.4, -0.2) is 24.6 Å². The molecule has 0 aromatic carbocycles. The second-order valence-electron chi connectivity index (χ2n) is 6.88. The molecule has 0 saturated heterocycles. The second kappa shape index (κ2) is 17.8. The Morgan fingerprint density at radius 3 is 1.96 bits per heavy atom. The molecule has 0 aliphatic heterocycles. The maximum absolute atomic E-state index is 11.9. The Bertz CT molecular complexity index is 328. The minimum Gasteiger partial charge on any atom is -0.466 e. The summed E-state index contributed by atoms with van der Waals surface area (Å²) in [5, 5.41) is 0. The summed E-state index contributed by atoms with van der Waals surface area (Å²) in [5.74, 6) is -0.199. The van der Waals surface area contributed by atoms with Gasteiger partial charge in [0.2, 0.25) is 0 Å². The highest BCUT2D eigenvalue weighted by Gasteiger charge is 2.13. The van der Waals surface area contributed by atoms with Gasteiger partial charge in [-0.15, -0.1) is 0 Å². The second-order valence-corrected chi connectivity index (χ2v) is 6.88. The monoisotopic (exact) mass is 356 g/mol. The van der Waals surface area contributed by atoms with Crippen molar-refractivity contribution >= 4 is 11.9 Å². The number of unbranched alkanes of at least 4 members (excludes halogenated alkanes) is 6. The van der Waals surface area contributed by atoms with Crippen LogP contribution < -0.4 is 0 Å². The van der Waals surface area contributed by atoms with E-state index >= 15 is 0 Å². The highest BCUT2D eigenvalue weighted by Crippen LogP contribution is 2.13. The van der Waals surface area contributed by atoms with E-state index in [0.29, 0.717) is 19.4 Å². The normalized spacial score (nSPS) is 12.0.